The van der Waals surface area contributed by atoms with Crippen LogP contribution in [0.15, 0.2) is 59.0 Å². The van der Waals surface area contributed by atoms with Crippen LogP contribution in [0.1, 0.15) is 50.6 Å². The van der Waals surface area contributed by atoms with Crippen molar-refractivity contribution in [3.8, 4) is 0 Å². The summed E-state index contributed by atoms with van der Waals surface area (Å²) in [7, 11) is 2.16. The average molecular weight is 412 g/mol. The van der Waals surface area contributed by atoms with Gasteiger partial charge in [-0.2, -0.15) is 0 Å². The Morgan fingerprint density at radius 1 is 0.903 bits per heavy atom. The number of hydrogen-bond acceptors (Lipinski definition) is 4. The first-order chi connectivity index (χ1) is 15.1. The molecule has 1 aromatic heterocycles. The van der Waals surface area contributed by atoms with E-state index in [2.05, 4.69) is 85.3 Å². The van der Waals surface area contributed by atoms with Gasteiger partial charge in [-0.3, -0.25) is 0 Å². The van der Waals surface area contributed by atoms with Crippen molar-refractivity contribution in [2.75, 3.05) is 29.9 Å². The number of anilines is 2. The van der Waals surface area contributed by atoms with Gasteiger partial charge in [-0.05, 0) is 30.9 Å². The molecular formula is C27H29N3O. The second kappa shape index (κ2) is 6.74. The summed E-state index contributed by atoms with van der Waals surface area (Å²) in [5.74, 6) is 0.805. The van der Waals surface area contributed by atoms with Crippen LogP contribution in [0.2, 0.25) is 0 Å². The van der Waals surface area contributed by atoms with E-state index in [4.69, 9.17) is 9.40 Å². The van der Waals surface area contributed by atoms with Gasteiger partial charge in [-0.1, -0.05) is 56.3 Å². The van der Waals surface area contributed by atoms with E-state index < -0.39 is 0 Å². The minimum atomic E-state index is -0.0856. The lowest BCUT2D eigenvalue weighted by atomic mass is 9.80. The van der Waals surface area contributed by atoms with Gasteiger partial charge in [0, 0.05) is 53.8 Å². The number of nitrogens with zero attached hydrogens (tertiary/aromatic N) is 3. The van der Waals surface area contributed by atoms with Crippen LogP contribution >= 0.6 is 0 Å². The van der Waals surface area contributed by atoms with Gasteiger partial charge < -0.3 is 14.2 Å². The molecular weight excluding hydrogens is 382 g/mol. The predicted octanol–water partition coefficient (Wildman–Crippen LogP) is 6.44. The Bertz CT molecular complexity index is 1280. The highest BCUT2D eigenvalue weighted by Gasteiger charge is 2.46. The number of piperidine rings is 1. The first-order valence-electron chi connectivity index (χ1n) is 11.4. The first-order valence-corrected chi connectivity index (χ1v) is 11.4. The van der Waals surface area contributed by atoms with Crippen LogP contribution < -0.4 is 9.80 Å². The summed E-state index contributed by atoms with van der Waals surface area (Å²) in [6.45, 7) is 6.83. The molecule has 4 heteroatoms. The molecule has 2 aliphatic heterocycles. The minimum absolute atomic E-state index is 0.0644. The molecule has 0 radical (unpaired) electrons. The van der Waals surface area contributed by atoms with Crippen molar-refractivity contribution in [1.29, 1.82) is 0 Å². The molecule has 4 aromatic rings. The molecule has 0 saturated carbocycles. The van der Waals surface area contributed by atoms with Crippen LogP contribution in [0, 0.1) is 0 Å². The molecule has 0 amide bonds. The topological polar surface area (TPSA) is 32.5 Å². The van der Waals surface area contributed by atoms with Crippen molar-refractivity contribution in [3.05, 3.63) is 66.1 Å². The number of oxazole rings is 1. The largest absolute Gasteiger partial charge is 0.438 e. The number of aromatic nitrogens is 1. The van der Waals surface area contributed by atoms with E-state index in [1.165, 1.54) is 47.0 Å². The van der Waals surface area contributed by atoms with Crippen molar-refractivity contribution in [1.82, 2.24) is 4.98 Å². The summed E-state index contributed by atoms with van der Waals surface area (Å²) in [6, 6.07) is 19.6. The Morgan fingerprint density at radius 3 is 2.39 bits per heavy atom. The van der Waals surface area contributed by atoms with E-state index in [-0.39, 0.29) is 11.5 Å². The molecule has 1 atom stereocenters. The van der Waals surface area contributed by atoms with Crippen molar-refractivity contribution in [2.24, 2.45) is 0 Å². The molecule has 2 aliphatic rings. The number of para-hydroxylation sites is 1. The lowest BCUT2D eigenvalue weighted by Crippen LogP contribution is -2.31. The summed E-state index contributed by atoms with van der Waals surface area (Å²) in [4.78, 5) is 9.96. The number of benzene rings is 3. The Balaban J connectivity index is 1.53. The highest BCUT2D eigenvalue weighted by molar-refractivity contribution is 6.10. The summed E-state index contributed by atoms with van der Waals surface area (Å²) in [5, 5.41) is 2.46. The average Bonchev–Trinajstić information content (AvgIpc) is 3.30. The third-order valence-corrected chi connectivity index (χ3v) is 7.38. The summed E-state index contributed by atoms with van der Waals surface area (Å²) >= 11 is 0. The van der Waals surface area contributed by atoms with E-state index in [1.54, 1.807) is 0 Å². The van der Waals surface area contributed by atoms with E-state index in [0.717, 1.165) is 30.1 Å². The van der Waals surface area contributed by atoms with Crippen LogP contribution in [0.25, 0.3) is 21.9 Å². The lowest BCUT2D eigenvalue weighted by molar-refractivity contribution is 0.364. The van der Waals surface area contributed by atoms with Gasteiger partial charge in [-0.25, -0.2) is 4.98 Å². The minimum Gasteiger partial charge on any atom is -0.438 e. The molecule has 3 heterocycles. The van der Waals surface area contributed by atoms with E-state index in [0.29, 0.717) is 0 Å². The smallest absolute Gasteiger partial charge is 0.219 e. The molecule has 1 unspecified atom stereocenters. The third kappa shape index (κ3) is 2.70. The van der Waals surface area contributed by atoms with Crippen molar-refractivity contribution < 1.29 is 4.42 Å². The Kier molecular flexibility index (Phi) is 4.08. The molecule has 1 saturated heterocycles. The first kappa shape index (κ1) is 18.7. The monoisotopic (exact) mass is 411 g/mol. The molecule has 3 aromatic carbocycles. The van der Waals surface area contributed by atoms with Gasteiger partial charge in [0.15, 0.2) is 5.58 Å². The van der Waals surface area contributed by atoms with Crippen molar-refractivity contribution >= 4 is 33.2 Å². The zero-order valence-corrected chi connectivity index (χ0v) is 18.6. The van der Waals surface area contributed by atoms with E-state index >= 15 is 0 Å². The van der Waals surface area contributed by atoms with Crippen LogP contribution in [0.5, 0.6) is 0 Å². The Labute approximate surface area is 183 Å². The van der Waals surface area contributed by atoms with E-state index in [1.807, 2.05) is 0 Å². The predicted molar refractivity (Wildman–Crippen MR) is 128 cm³/mol. The van der Waals surface area contributed by atoms with Crippen LogP contribution in [0.4, 0.5) is 11.4 Å². The summed E-state index contributed by atoms with van der Waals surface area (Å²) in [6.07, 6.45) is 3.84. The van der Waals surface area contributed by atoms with Crippen LogP contribution in [0.3, 0.4) is 0 Å². The van der Waals surface area contributed by atoms with Gasteiger partial charge >= 0.3 is 0 Å². The molecule has 0 aliphatic carbocycles. The van der Waals surface area contributed by atoms with Gasteiger partial charge in [0.05, 0.1) is 0 Å². The van der Waals surface area contributed by atoms with Gasteiger partial charge in [0.25, 0.3) is 0 Å². The van der Waals surface area contributed by atoms with Gasteiger partial charge in [-0.15, -0.1) is 0 Å². The fourth-order valence-electron chi connectivity index (χ4n) is 5.84. The third-order valence-electron chi connectivity index (χ3n) is 7.38. The Morgan fingerprint density at radius 2 is 1.61 bits per heavy atom. The summed E-state index contributed by atoms with van der Waals surface area (Å²) < 4.78 is 6.55. The maximum Gasteiger partial charge on any atom is 0.219 e. The zero-order chi connectivity index (χ0) is 21.2. The molecule has 0 spiro atoms. The quantitative estimate of drug-likeness (QED) is 0.380. The highest BCUT2D eigenvalue weighted by Crippen LogP contribution is 2.52. The maximum absolute atomic E-state index is 6.55. The second-order valence-electron chi connectivity index (χ2n) is 9.64. The standard InChI is InChI=1S/C27H29N3O/c1-27(2)20-13-7-8-14-21(20)29(3)25(27)26-28-24-19-12-6-5-11-18(19)22(17-23(24)31-26)30-15-9-4-10-16-30/h5-8,11-14,17,25H,4,9-10,15-16H2,1-3H3. The highest BCUT2D eigenvalue weighted by atomic mass is 16.3. The molecule has 0 N–H and O–H groups in total. The van der Waals surface area contributed by atoms with E-state index in [9.17, 15) is 0 Å². The fourth-order valence-corrected chi connectivity index (χ4v) is 5.84. The van der Waals surface area contributed by atoms with Crippen molar-refractivity contribution in [3.63, 3.8) is 0 Å². The number of fused-ring (bicyclic) bond motifs is 4. The molecule has 6 rings (SSSR count). The molecule has 31 heavy (non-hydrogen) atoms. The molecule has 158 valence electrons. The number of rotatable bonds is 2. The molecule has 0 bridgehead atoms. The Hall–Kier alpha value is -3.01. The maximum atomic E-state index is 6.55. The second-order valence-corrected chi connectivity index (χ2v) is 9.64. The van der Waals surface area contributed by atoms with Crippen molar-refractivity contribution in [2.45, 2.75) is 44.6 Å². The molecule has 1 fully saturated rings. The number of hydrogen-bond donors (Lipinski definition) is 0. The zero-order valence-electron chi connectivity index (χ0n) is 18.6. The fraction of sp³-hybridized carbons (Fsp3) is 0.370. The van der Waals surface area contributed by atoms with Crippen LogP contribution in [-0.2, 0) is 5.41 Å². The number of likely N-dealkylation sites (N-methyl/N-ethyl adjacent to an activating group) is 1. The SMILES string of the molecule is CN1c2ccccc2C(C)(C)C1c1nc2c(cc(N3CCCCC3)c3ccccc32)o1. The molecule has 4 nitrogen and oxygen atoms in total. The summed E-state index contributed by atoms with van der Waals surface area (Å²) in [5.41, 5.74) is 5.69. The van der Waals surface area contributed by atoms with Crippen LogP contribution in [-0.4, -0.2) is 25.1 Å². The van der Waals surface area contributed by atoms with Gasteiger partial charge in [0.1, 0.15) is 11.6 Å². The van der Waals surface area contributed by atoms with Gasteiger partial charge in [0.2, 0.25) is 5.89 Å². The lowest BCUT2D eigenvalue weighted by Gasteiger charge is -2.29. The normalized spacial score (nSPS) is 20.5.